The predicted octanol–water partition coefficient (Wildman–Crippen LogP) is 2.65. The van der Waals surface area contributed by atoms with E-state index >= 15 is 0 Å². The average Bonchev–Trinajstić information content (AvgIpc) is 2.81. The minimum absolute atomic E-state index is 0.0276. The molecule has 0 aromatic heterocycles. The van der Waals surface area contributed by atoms with E-state index in [0.717, 1.165) is 29.7 Å². The summed E-state index contributed by atoms with van der Waals surface area (Å²) < 4.78 is 0. The van der Waals surface area contributed by atoms with Crippen LogP contribution in [-0.2, 0) is 0 Å². The number of ketones is 1. The zero-order valence-electron chi connectivity index (χ0n) is 11.1. The number of Topliss-reactive ketones (excluding diaryl/α,β-unsaturated/α-hetero) is 1. The molecule has 3 nitrogen and oxygen atoms in total. The van der Waals surface area contributed by atoms with Crippen molar-refractivity contribution in [3.63, 3.8) is 0 Å². The molecule has 1 heterocycles. The topological polar surface area (TPSA) is 41.1 Å². The lowest BCUT2D eigenvalue weighted by atomic mass is 10.0. The molecule has 1 aliphatic heterocycles. The van der Waals surface area contributed by atoms with Gasteiger partial charge >= 0.3 is 0 Å². The van der Waals surface area contributed by atoms with Crippen molar-refractivity contribution in [2.45, 2.75) is 32.4 Å². The second kappa shape index (κ2) is 4.92. The Bertz CT molecular complexity index is 572. The molecule has 3 heteroatoms. The Labute approximate surface area is 113 Å². The number of nitrogens with one attached hydrogen (secondary N) is 2. The van der Waals surface area contributed by atoms with Crippen LogP contribution in [0.25, 0.3) is 0 Å². The van der Waals surface area contributed by atoms with Crippen molar-refractivity contribution in [3.8, 4) is 0 Å². The quantitative estimate of drug-likeness (QED) is 0.815. The largest absolute Gasteiger partial charge is 0.367 e. The van der Waals surface area contributed by atoms with Gasteiger partial charge < -0.3 is 10.6 Å². The summed E-state index contributed by atoms with van der Waals surface area (Å²) in [6.07, 6.45) is 6.88. The summed E-state index contributed by atoms with van der Waals surface area (Å²) in [6, 6.07) is 7.76. The lowest BCUT2D eigenvalue weighted by molar-refractivity contribution is 0.0968. The SMILES string of the molecule is Cc1ccccc1C(=O)CC1NC2=C(CCC=C2)N1. The van der Waals surface area contributed by atoms with E-state index in [4.69, 9.17) is 0 Å². The summed E-state index contributed by atoms with van der Waals surface area (Å²) in [5, 5.41) is 6.78. The van der Waals surface area contributed by atoms with Crippen LogP contribution in [0, 0.1) is 6.92 Å². The van der Waals surface area contributed by atoms with Gasteiger partial charge in [0.05, 0.1) is 5.70 Å². The first-order valence-corrected chi connectivity index (χ1v) is 6.75. The Hall–Kier alpha value is -2.03. The van der Waals surface area contributed by atoms with Gasteiger partial charge in [-0.15, -0.1) is 0 Å². The van der Waals surface area contributed by atoms with Crippen molar-refractivity contribution >= 4 is 5.78 Å². The maximum absolute atomic E-state index is 12.3. The summed E-state index contributed by atoms with van der Waals surface area (Å²) in [6.45, 7) is 1.98. The van der Waals surface area contributed by atoms with E-state index < -0.39 is 0 Å². The Morgan fingerprint density at radius 2 is 2.16 bits per heavy atom. The lowest BCUT2D eigenvalue weighted by Crippen LogP contribution is -2.35. The minimum Gasteiger partial charge on any atom is -0.367 e. The Morgan fingerprint density at radius 1 is 1.32 bits per heavy atom. The van der Waals surface area contributed by atoms with Crippen molar-refractivity contribution < 1.29 is 4.79 Å². The number of hydrogen-bond acceptors (Lipinski definition) is 3. The molecule has 1 unspecified atom stereocenters. The normalized spacial score (nSPS) is 20.8. The van der Waals surface area contributed by atoms with Crippen LogP contribution in [-0.4, -0.2) is 11.9 Å². The Kier molecular flexibility index (Phi) is 3.11. The summed E-state index contributed by atoms with van der Waals surface area (Å²) in [4.78, 5) is 12.3. The van der Waals surface area contributed by atoms with Gasteiger partial charge in [-0.3, -0.25) is 4.79 Å². The molecule has 0 fully saturated rings. The van der Waals surface area contributed by atoms with E-state index in [1.165, 1.54) is 5.70 Å². The highest BCUT2D eigenvalue weighted by Gasteiger charge is 2.24. The first kappa shape index (κ1) is 12.0. The smallest absolute Gasteiger partial charge is 0.167 e. The lowest BCUT2D eigenvalue weighted by Gasteiger charge is -2.13. The van der Waals surface area contributed by atoms with E-state index in [0.29, 0.717) is 6.42 Å². The van der Waals surface area contributed by atoms with E-state index in [9.17, 15) is 4.79 Å². The van der Waals surface area contributed by atoms with Crippen LogP contribution >= 0.6 is 0 Å². The summed E-state index contributed by atoms with van der Waals surface area (Å²) in [5.74, 6) is 0.187. The molecule has 1 atom stereocenters. The highest BCUT2D eigenvalue weighted by atomic mass is 16.1. The molecule has 0 spiro atoms. The van der Waals surface area contributed by atoms with Gasteiger partial charge in [0.2, 0.25) is 0 Å². The third kappa shape index (κ3) is 2.41. The van der Waals surface area contributed by atoms with Crippen molar-refractivity contribution in [2.24, 2.45) is 0 Å². The molecule has 0 radical (unpaired) electrons. The van der Waals surface area contributed by atoms with E-state index in [2.05, 4.69) is 22.8 Å². The Balaban J connectivity index is 1.66. The van der Waals surface area contributed by atoms with Gasteiger partial charge in [-0.25, -0.2) is 0 Å². The monoisotopic (exact) mass is 254 g/mol. The van der Waals surface area contributed by atoms with Gasteiger partial charge in [-0.05, 0) is 31.4 Å². The number of hydrogen-bond donors (Lipinski definition) is 2. The number of benzene rings is 1. The fraction of sp³-hybridized carbons (Fsp3) is 0.312. The molecule has 19 heavy (non-hydrogen) atoms. The third-order valence-electron chi connectivity index (χ3n) is 3.68. The fourth-order valence-corrected chi connectivity index (χ4v) is 2.67. The average molecular weight is 254 g/mol. The summed E-state index contributed by atoms with van der Waals surface area (Å²) in [5.41, 5.74) is 4.26. The highest BCUT2D eigenvalue weighted by molar-refractivity contribution is 5.97. The van der Waals surface area contributed by atoms with Gasteiger partial charge in [0.1, 0.15) is 6.17 Å². The summed E-state index contributed by atoms with van der Waals surface area (Å²) in [7, 11) is 0. The molecular formula is C16H18N2O. The van der Waals surface area contributed by atoms with Crippen LogP contribution in [0.5, 0.6) is 0 Å². The molecule has 0 saturated heterocycles. The van der Waals surface area contributed by atoms with Crippen LogP contribution in [0.15, 0.2) is 47.8 Å². The van der Waals surface area contributed by atoms with Crippen LogP contribution in [0.4, 0.5) is 0 Å². The van der Waals surface area contributed by atoms with E-state index in [1.807, 2.05) is 31.2 Å². The molecule has 1 aromatic carbocycles. The van der Waals surface area contributed by atoms with Crippen molar-refractivity contribution in [2.75, 3.05) is 0 Å². The maximum atomic E-state index is 12.3. The molecule has 0 amide bonds. The Morgan fingerprint density at radius 3 is 2.95 bits per heavy atom. The number of allylic oxidation sites excluding steroid dienone is 3. The highest BCUT2D eigenvalue weighted by Crippen LogP contribution is 2.21. The second-order valence-electron chi connectivity index (χ2n) is 5.12. The molecule has 0 bridgehead atoms. The number of carbonyl (C=O) groups excluding carboxylic acids is 1. The molecule has 2 N–H and O–H groups in total. The fourth-order valence-electron chi connectivity index (χ4n) is 2.67. The molecular weight excluding hydrogens is 236 g/mol. The molecule has 3 rings (SSSR count). The number of carbonyl (C=O) groups is 1. The molecule has 2 aliphatic rings. The molecule has 0 saturated carbocycles. The molecule has 1 aliphatic carbocycles. The number of rotatable bonds is 3. The molecule has 1 aromatic rings. The van der Waals surface area contributed by atoms with Crippen LogP contribution in [0.2, 0.25) is 0 Å². The van der Waals surface area contributed by atoms with Crippen molar-refractivity contribution in [3.05, 3.63) is 58.9 Å². The van der Waals surface area contributed by atoms with Gasteiger partial charge in [0.25, 0.3) is 0 Å². The zero-order chi connectivity index (χ0) is 13.2. The van der Waals surface area contributed by atoms with Crippen LogP contribution < -0.4 is 10.6 Å². The first-order chi connectivity index (χ1) is 9.24. The van der Waals surface area contributed by atoms with Crippen molar-refractivity contribution in [1.29, 1.82) is 0 Å². The summed E-state index contributed by atoms with van der Waals surface area (Å²) >= 11 is 0. The van der Waals surface area contributed by atoms with Gasteiger partial charge in [0, 0.05) is 17.7 Å². The zero-order valence-corrected chi connectivity index (χ0v) is 11.1. The van der Waals surface area contributed by atoms with Gasteiger partial charge in [-0.2, -0.15) is 0 Å². The van der Waals surface area contributed by atoms with E-state index in [-0.39, 0.29) is 11.9 Å². The molecule has 98 valence electrons. The van der Waals surface area contributed by atoms with Gasteiger partial charge in [-0.1, -0.05) is 30.3 Å². The van der Waals surface area contributed by atoms with E-state index in [1.54, 1.807) is 0 Å². The van der Waals surface area contributed by atoms with Crippen LogP contribution in [0.1, 0.15) is 35.2 Å². The predicted molar refractivity (Wildman–Crippen MR) is 75.6 cm³/mol. The maximum Gasteiger partial charge on any atom is 0.167 e. The van der Waals surface area contributed by atoms with Crippen LogP contribution in [0.3, 0.4) is 0 Å². The number of aryl methyl sites for hydroxylation is 1. The third-order valence-corrected chi connectivity index (χ3v) is 3.68. The first-order valence-electron chi connectivity index (χ1n) is 6.75. The van der Waals surface area contributed by atoms with Crippen molar-refractivity contribution in [1.82, 2.24) is 10.6 Å². The van der Waals surface area contributed by atoms with Gasteiger partial charge in [0.15, 0.2) is 5.78 Å². The standard InChI is InChI=1S/C16H18N2O/c1-11-6-2-3-7-12(11)15(19)10-16-17-13-8-4-5-9-14(13)18-16/h2-4,6-8,16-18H,5,9-10H2,1H3. The second-order valence-corrected chi connectivity index (χ2v) is 5.12. The minimum atomic E-state index is 0.0276.